The first-order chi connectivity index (χ1) is 7.47. The van der Waals surface area contributed by atoms with Gasteiger partial charge in [0, 0.05) is 13.2 Å². The van der Waals surface area contributed by atoms with Crippen LogP contribution >= 0.6 is 23.2 Å². The van der Waals surface area contributed by atoms with E-state index in [1.807, 2.05) is 0 Å². The summed E-state index contributed by atoms with van der Waals surface area (Å²) in [4.78, 5) is 0.0554. The van der Waals surface area contributed by atoms with Crippen molar-refractivity contribution in [2.75, 3.05) is 13.2 Å². The highest BCUT2D eigenvalue weighted by Crippen LogP contribution is 2.24. The van der Waals surface area contributed by atoms with Crippen molar-refractivity contribution in [1.29, 1.82) is 0 Å². The Morgan fingerprint density at radius 2 is 1.94 bits per heavy atom. The van der Waals surface area contributed by atoms with E-state index >= 15 is 0 Å². The molecule has 1 aromatic carbocycles. The Morgan fingerprint density at radius 3 is 2.50 bits per heavy atom. The second-order valence-electron chi connectivity index (χ2n) is 3.05. The van der Waals surface area contributed by atoms with Gasteiger partial charge in [-0.05, 0) is 24.6 Å². The average Bonchev–Trinajstić information content (AvgIpc) is 2.22. The van der Waals surface area contributed by atoms with Crippen LogP contribution in [0.4, 0.5) is 0 Å². The molecule has 0 atom stereocenters. The summed E-state index contributed by atoms with van der Waals surface area (Å²) in [6.07, 6.45) is 0.362. The van der Waals surface area contributed by atoms with Gasteiger partial charge in [-0.2, -0.15) is 0 Å². The molecule has 0 aliphatic carbocycles. The number of benzene rings is 1. The number of aliphatic hydroxyl groups excluding tert-OH is 1. The molecular weight excluding hydrogens is 273 g/mol. The highest BCUT2D eigenvalue weighted by Gasteiger charge is 2.14. The summed E-state index contributed by atoms with van der Waals surface area (Å²) in [6.45, 7) is 0.114. The van der Waals surface area contributed by atoms with Crippen LogP contribution in [0, 0.1) is 0 Å². The van der Waals surface area contributed by atoms with Crippen LogP contribution in [0.3, 0.4) is 0 Å². The van der Waals surface area contributed by atoms with Gasteiger partial charge in [-0.1, -0.05) is 23.2 Å². The van der Waals surface area contributed by atoms with Gasteiger partial charge >= 0.3 is 0 Å². The van der Waals surface area contributed by atoms with E-state index in [1.54, 1.807) is 0 Å². The summed E-state index contributed by atoms with van der Waals surface area (Å²) in [7, 11) is -3.58. The number of hydrogen-bond donors (Lipinski definition) is 2. The lowest BCUT2D eigenvalue weighted by Crippen LogP contribution is -2.25. The third kappa shape index (κ3) is 3.61. The number of aliphatic hydroxyl groups is 1. The Kier molecular flexibility index (Phi) is 5.01. The van der Waals surface area contributed by atoms with E-state index in [2.05, 4.69) is 4.72 Å². The van der Waals surface area contributed by atoms with Crippen LogP contribution in [-0.2, 0) is 10.0 Å². The Bertz CT molecular complexity index is 462. The summed E-state index contributed by atoms with van der Waals surface area (Å²) in [6, 6.07) is 4.07. The molecule has 0 aromatic heterocycles. The largest absolute Gasteiger partial charge is 0.396 e. The van der Waals surface area contributed by atoms with Crippen LogP contribution in [0.25, 0.3) is 0 Å². The smallest absolute Gasteiger partial charge is 0.240 e. The summed E-state index contributed by atoms with van der Waals surface area (Å²) < 4.78 is 25.7. The molecule has 0 spiro atoms. The molecule has 0 bridgehead atoms. The zero-order chi connectivity index (χ0) is 12.2. The van der Waals surface area contributed by atoms with E-state index in [0.717, 1.165) is 0 Å². The zero-order valence-corrected chi connectivity index (χ0v) is 10.6. The maximum absolute atomic E-state index is 11.7. The molecule has 0 aliphatic rings. The molecule has 16 heavy (non-hydrogen) atoms. The molecule has 1 rings (SSSR count). The summed E-state index contributed by atoms with van der Waals surface area (Å²) >= 11 is 11.4. The minimum absolute atomic E-state index is 0.0554. The first-order valence-corrected chi connectivity index (χ1v) is 6.77. The standard InChI is InChI=1S/C9H11Cl2NO3S/c10-8-3-2-7(6-9(8)11)16(14,15)12-4-1-5-13/h2-3,6,12-13H,1,4-5H2. The minimum atomic E-state index is -3.58. The molecule has 7 heteroatoms. The lowest BCUT2D eigenvalue weighted by atomic mass is 10.4. The average molecular weight is 284 g/mol. The van der Waals surface area contributed by atoms with Gasteiger partial charge in [0.2, 0.25) is 10.0 Å². The number of nitrogens with one attached hydrogen (secondary N) is 1. The first kappa shape index (κ1) is 13.7. The molecule has 0 fully saturated rings. The predicted octanol–water partition coefficient (Wildman–Crippen LogP) is 1.65. The summed E-state index contributed by atoms with van der Waals surface area (Å²) in [5, 5.41) is 9.03. The van der Waals surface area contributed by atoms with Crippen LogP contribution in [0.5, 0.6) is 0 Å². The fraction of sp³-hybridized carbons (Fsp3) is 0.333. The highest BCUT2D eigenvalue weighted by molar-refractivity contribution is 7.89. The molecule has 0 aliphatic heterocycles. The Hall–Kier alpha value is -0.330. The molecule has 0 amide bonds. The van der Waals surface area contributed by atoms with Crippen LogP contribution in [0.1, 0.15) is 6.42 Å². The predicted molar refractivity (Wildman–Crippen MR) is 63.4 cm³/mol. The molecule has 4 nitrogen and oxygen atoms in total. The summed E-state index contributed by atoms with van der Waals surface area (Å²) in [5.74, 6) is 0. The van der Waals surface area contributed by atoms with Crippen LogP contribution in [-0.4, -0.2) is 26.7 Å². The van der Waals surface area contributed by atoms with Gasteiger partial charge in [-0.25, -0.2) is 13.1 Å². The molecular formula is C9H11Cl2NO3S. The van der Waals surface area contributed by atoms with E-state index < -0.39 is 10.0 Å². The zero-order valence-electron chi connectivity index (χ0n) is 8.28. The molecule has 0 saturated carbocycles. The Balaban J connectivity index is 2.86. The molecule has 1 aromatic rings. The summed E-state index contributed by atoms with van der Waals surface area (Å²) in [5.41, 5.74) is 0. The molecule has 0 unspecified atom stereocenters. The fourth-order valence-corrected chi connectivity index (χ4v) is 2.48. The third-order valence-electron chi connectivity index (χ3n) is 1.83. The maximum atomic E-state index is 11.7. The fourth-order valence-electron chi connectivity index (χ4n) is 1.01. The van der Waals surface area contributed by atoms with Crippen LogP contribution in [0.2, 0.25) is 10.0 Å². The molecule has 90 valence electrons. The van der Waals surface area contributed by atoms with Crippen molar-refractivity contribution in [2.45, 2.75) is 11.3 Å². The van der Waals surface area contributed by atoms with E-state index in [9.17, 15) is 8.42 Å². The SMILES string of the molecule is O=S(=O)(NCCCO)c1ccc(Cl)c(Cl)c1. The highest BCUT2D eigenvalue weighted by atomic mass is 35.5. The molecule has 0 saturated heterocycles. The molecule has 2 N–H and O–H groups in total. The lowest BCUT2D eigenvalue weighted by molar-refractivity contribution is 0.289. The lowest BCUT2D eigenvalue weighted by Gasteiger charge is -2.06. The van der Waals surface area contributed by atoms with Crippen molar-refractivity contribution < 1.29 is 13.5 Å². The van der Waals surface area contributed by atoms with Crippen LogP contribution < -0.4 is 4.72 Å². The normalized spacial score (nSPS) is 11.7. The van der Waals surface area contributed by atoms with Crippen molar-refractivity contribution in [3.05, 3.63) is 28.2 Å². The van der Waals surface area contributed by atoms with Crippen molar-refractivity contribution in [1.82, 2.24) is 4.72 Å². The van der Waals surface area contributed by atoms with E-state index in [-0.39, 0.29) is 23.1 Å². The van der Waals surface area contributed by atoms with Crippen LogP contribution in [0.15, 0.2) is 23.1 Å². The Labute approximate surface area is 104 Å². The van der Waals surface area contributed by atoms with Gasteiger partial charge < -0.3 is 5.11 Å². The minimum Gasteiger partial charge on any atom is -0.396 e. The van der Waals surface area contributed by atoms with Gasteiger partial charge in [0.1, 0.15) is 0 Å². The quantitative estimate of drug-likeness (QED) is 0.808. The van der Waals surface area contributed by atoms with Gasteiger partial charge in [0.15, 0.2) is 0 Å². The molecule has 0 heterocycles. The number of hydrogen-bond acceptors (Lipinski definition) is 3. The first-order valence-electron chi connectivity index (χ1n) is 4.53. The van der Waals surface area contributed by atoms with Gasteiger partial charge in [-0.3, -0.25) is 0 Å². The van der Waals surface area contributed by atoms with Crippen molar-refractivity contribution in [3.8, 4) is 0 Å². The number of sulfonamides is 1. The monoisotopic (exact) mass is 283 g/mol. The van der Waals surface area contributed by atoms with Crippen molar-refractivity contribution >= 4 is 33.2 Å². The third-order valence-corrected chi connectivity index (χ3v) is 4.03. The van der Waals surface area contributed by atoms with E-state index in [4.69, 9.17) is 28.3 Å². The van der Waals surface area contributed by atoms with E-state index in [1.165, 1.54) is 18.2 Å². The second-order valence-corrected chi connectivity index (χ2v) is 5.63. The maximum Gasteiger partial charge on any atom is 0.240 e. The Morgan fingerprint density at radius 1 is 1.25 bits per heavy atom. The second kappa shape index (κ2) is 5.84. The van der Waals surface area contributed by atoms with Crippen molar-refractivity contribution in [3.63, 3.8) is 0 Å². The van der Waals surface area contributed by atoms with Crippen molar-refractivity contribution in [2.24, 2.45) is 0 Å². The van der Waals surface area contributed by atoms with Gasteiger partial charge in [0.25, 0.3) is 0 Å². The number of halogens is 2. The van der Waals surface area contributed by atoms with Gasteiger partial charge in [-0.15, -0.1) is 0 Å². The topological polar surface area (TPSA) is 66.4 Å². The van der Waals surface area contributed by atoms with Gasteiger partial charge in [0.05, 0.1) is 14.9 Å². The van der Waals surface area contributed by atoms with E-state index in [0.29, 0.717) is 11.4 Å². The molecule has 0 radical (unpaired) electrons. The number of rotatable bonds is 5.